The molecule has 0 spiro atoms. The van der Waals surface area contributed by atoms with Crippen molar-refractivity contribution in [2.45, 2.75) is 32.6 Å². The maximum absolute atomic E-state index is 3.44. The van der Waals surface area contributed by atoms with E-state index >= 15 is 0 Å². The van der Waals surface area contributed by atoms with E-state index in [2.05, 4.69) is 43.4 Å². The second-order valence-electron chi connectivity index (χ2n) is 4.92. The first-order valence-electron chi connectivity index (χ1n) is 6.06. The van der Waals surface area contributed by atoms with Crippen LogP contribution >= 0.6 is 0 Å². The molecular weight excluding hydrogens is 182 g/mol. The van der Waals surface area contributed by atoms with Crippen LogP contribution in [0.3, 0.4) is 0 Å². The van der Waals surface area contributed by atoms with E-state index in [1.54, 1.807) is 5.56 Å². The van der Waals surface area contributed by atoms with Gasteiger partial charge in [0.2, 0.25) is 0 Å². The van der Waals surface area contributed by atoms with Crippen LogP contribution in [-0.4, -0.2) is 13.1 Å². The Morgan fingerprint density at radius 1 is 1.33 bits per heavy atom. The standard InChI is InChI=1S/C14H21N/c1-11(2)14-6-4-3-5-13(14)9-12-7-8-15-10-12/h3-6,11-12,15H,7-10H2,1-2H3. The van der Waals surface area contributed by atoms with Crippen molar-refractivity contribution in [1.82, 2.24) is 5.32 Å². The monoisotopic (exact) mass is 203 g/mol. The van der Waals surface area contributed by atoms with Crippen LogP contribution in [0.25, 0.3) is 0 Å². The molecular formula is C14H21N. The highest BCUT2D eigenvalue weighted by atomic mass is 14.9. The van der Waals surface area contributed by atoms with Crippen LogP contribution in [0, 0.1) is 5.92 Å². The minimum absolute atomic E-state index is 0.649. The van der Waals surface area contributed by atoms with Gasteiger partial charge in [0.15, 0.2) is 0 Å². The summed E-state index contributed by atoms with van der Waals surface area (Å²) in [7, 11) is 0. The molecule has 0 amide bonds. The lowest BCUT2D eigenvalue weighted by Gasteiger charge is -2.15. The lowest BCUT2D eigenvalue weighted by molar-refractivity contribution is 0.575. The van der Waals surface area contributed by atoms with Crippen molar-refractivity contribution in [1.29, 1.82) is 0 Å². The van der Waals surface area contributed by atoms with Gasteiger partial charge in [0, 0.05) is 0 Å². The fourth-order valence-corrected chi connectivity index (χ4v) is 2.48. The second-order valence-corrected chi connectivity index (χ2v) is 4.92. The summed E-state index contributed by atoms with van der Waals surface area (Å²) in [5.41, 5.74) is 3.09. The van der Waals surface area contributed by atoms with Crippen molar-refractivity contribution in [2.24, 2.45) is 5.92 Å². The molecule has 1 atom stereocenters. The maximum atomic E-state index is 3.44. The van der Waals surface area contributed by atoms with Gasteiger partial charge < -0.3 is 5.32 Å². The van der Waals surface area contributed by atoms with Crippen LogP contribution in [0.5, 0.6) is 0 Å². The highest BCUT2D eigenvalue weighted by molar-refractivity contribution is 5.30. The van der Waals surface area contributed by atoms with E-state index in [1.165, 1.54) is 31.5 Å². The molecule has 1 heterocycles. The Labute approximate surface area is 92.9 Å². The van der Waals surface area contributed by atoms with Crippen LogP contribution in [0.15, 0.2) is 24.3 Å². The van der Waals surface area contributed by atoms with Gasteiger partial charge in [-0.3, -0.25) is 0 Å². The highest BCUT2D eigenvalue weighted by Crippen LogP contribution is 2.23. The molecule has 0 aliphatic carbocycles. The Hall–Kier alpha value is -0.820. The van der Waals surface area contributed by atoms with E-state index < -0.39 is 0 Å². The van der Waals surface area contributed by atoms with E-state index in [1.807, 2.05) is 0 Å². The smallest absolute Gasteiger partial charge is 0.00169 e. The molecule has 1 nitrogen and oxygen atoms in total. The molecule has 1 aromatic carbocycles. The summed E-state index contributed by atoms with van der Waals surface area (Å²) in [6.45, 7) is 6.97. The summed E-state index contributed by atoms with van der Waals surface area (Å²) in [6, 6.07) is 8.91. The molecule has 0 saturated carbocycles. The largest absolute Gasteiger partial charge is 0.316 e. The van der Waals surface area contributed by atoms with Crippen LogP contribution in [0.4, 0.5) is 0 Å². The van der Waals surface area contributed by atoms with Crippen molar-refractivity contribution < 1.29 is 0 Å². The SMILES string of the molecule is CC(C)c1ccccc1CC1CCNC1. The number of hydrogen-bond acceptors (Lipinski definition) is 1. The van der Waals surface area contributed by atoms with Crippen LogP contribution in [-0.2, 0) is 6.42 Å². The van der Waals surface area contributed by atoms with Crippen LogP contribution in [0.2, 0.25) is 0 Å². The summed E-state index contributed by atoms with van der Waals surface area (Å²) in [6.07, 6.45) is 2.59. The molecule has 1 aliphatic heterocycles. The molecule has 1 aliphatic rings. The van der Waals surface area contributed by atoms with Gasteiger partial charge >= 0.3 is 0 Å². The zero-order valence-corrected chi connectivity index (χ0v) is 9.79. The van der Waals surface area contributed by atoms with Gasteiger partial charge in [-0.25, -0.2) is 0 Å². The minimum Gasteiger partial charge on any atom is -0.316 e. The Balaban J connectivity index is 2.12. The van der Waals surface area contributed by atoms with E-state index in [-0.39, 0.29) is 0 Å². The van der Waals surface area contributed by atoms with E-state index in [0.29, 0.717) is 5.92 Å². The molecule has 0 bridgehead atoms. The zero-order chi connectivity index (χ0) is 10.7. The van der Waals surface area contributed by atoms with Crippen molar-refractivity contribution in [3.8, 4) is 0 Å². The molecule has 1 unspecified atom stereocenters. The first kappa shape index (κ1) is 10.7. The molecule has 1 saturated heterocycles. The van der Waals surface area contributed by atoms with E-state index in [0.717, 1.165) is 5.92 Å². The minimum atomic E-state index is 0.649. The van der Waals surface area contributed by atoms with Crippen molar-refractivity contribution in [3.63, 3.8) is 0 Å². The van der Waals surface area contributed by atoms with Crippen molar-refractivity contribution >= 4 is 0 Å². The Morgan fingerprint density at radius 3 is 2.80 bits per heavy atom. The average Bonchev–Trinajstić information content (AvgIpc) is 2.71. The summed E-state index contributed by atoms with van der Waals surface area (Å²) in [5.74, 6) is 1.50. The fraction of sp³-hybridized carbons (Fsp3) is 0.571. The molecule has 1 fully saturated rings. The third-order valence-electron chi connectivity index (χ3n) is 3.35. The Bertz CT molecular complexity index is 311. The quantitative estimate of drug-likeness (QED) is 0.796. The first-order valence-corrected chi connectivity index (χ1v) is 6.06. The Morgan fingerprint density at radius 2 is 2.13 bits per heavy atom. The summed E-state index contributed by atoms with van der Waals surface area (Å²) in [5, 5.41) is 3.44. The van der Waals surface area contributed by atoms with Gasteiger partial charge in [0.05, 0.1) is 0 Å². The zero-order valence-electron chi connectivity index (χ0n) is 9.79. The van der Waals surface area contributed by atoms with E-state index in [9.17, 15) is 0 Å². The van der Waals surface area contributed by atoms with Gasteiger partial charge in [0.25, 0.3) is 0 Å². The maximum Gasteiger partial charge on any atom is -0.00169 e. The predicted octanol–water partition coefficient (Wildman–Crippen LogP) is 2.96. The number of hydrogen-bond donors (Lipinski definition) is 1. The second kappa shape index (κ2) is 4.80. The molecule has 15 heavy (non-hydrogen) atoms. The van der Waals surface area contributed by atoms with Gasteiger partial charge in [-0.1, -0.05) is 38.1 Å². The van der Waals surface area contributed by atoms with E-state index in [4.69, 9.17) is 0 Å². The fourth-order valence-electron chi connectivity index (χ4n) is 2.48. The third-order valence-corrected chi connectivity index (χ3v) is 3.35. The highest BCUT2D eigenvalue weighted by Gasteiger charge is 2.16. The van der Waals surface area contributed by atoms with Gasteiger partial charge in [-0.05, 0) is 48.9 Å². The molecule has 2 rings (SSSR count). The summed E-state index contributed by atoms with van der Waals surface area (Å²) >= 11 is 0. The first-order chi connectivity index (χ1) is 7.27. The molecule has 0 radical (unpaired) electrons. The lowest BCUT2D eigenvalue weighted by atomic mass is 9.90. The number of rotatable bonds is 3. The topological polar surface area (TPSA) is 12.0 Å². The van der Waals surface area contributed by atoms with Crippen molar-refractivity contribution in [2.75, 3.05) is 13.1 Å². The normalized spacial score (nSPS) is 21.1. The van der Waals surface area contributed by atoms with Crippen LogP contribution < -0.4 is 5.32 Å². The van der Waals surface area contributed by atoms with Gasteiger partial charge in [-0.2, -0.15) is 0 Å². The number of nitrogens with one attached hydrogen (secondary N) is 1. The molecule has 1 N–H and O–H groups in total. The van der Waals surface area contributed by atoms with Crippen LogP contribution in [0.1, 0.15) is 37.3 Å². The molecule has 1 aromatic rings. The van der Waals surface area contributed by atoms with Gasteiger partial charge in [-0.15, -0.1) is 0 Å². The third kappa shape index (κ3) is 2.60. The Kier molecular flexibility index (Phi) is 3.42. The van der Waals surface area contributed by atoms with Gasteiger partial charge in [0.1, 0.15) is 0 Å². The molecule has 1 heteroatoms. The molecule has 82 valence electrons. The predicted molar refractivity (Wildman–Crippen MR) is 65.2 cm³/mol. The van der Waals surface area contributed by atoms with Crippen molar-refractivity contribution in [3.05, 3.63) is 35.4 Å². The number of benzene rings is 1. The summed E-state index contributed by atoms with van der Waals surface area (Å²) in [4.78, 5) is 0. The summed E-state index contributed by atoms with van der Waals surface area (Å²) < 4.78 is 0. The lowest BCUT2D eigenvalue weighted by Crippen LogP contribution is -2.11. The molecule has 0 aromatic heterocycles. The average molecular weight is 203 g/mol.